The minimum absolute atomic E-state index is 0.320. The van der Waals surface area contributed by atoms with Gasteiger partial charge < -0.3 is 10.6 Å². The molecule has 2 N–H and O–H groups in total. The van der Waals surface area contributed by atoms with Crippen molar-refractivity contribution in [3.63, 3.8) is 0 Å². The van der Waals surface area contributed by atoms with Crippen LogP contribution in [0.1, 0.15) is 39.5 Å². The summed E-state index contributed by atoms with van der Waals surface area (Å²) >= 11 is 0. The van der Waals surface area contributed by atoms with Crippen LogP contribution in [0.25, 0.3) is 0 Å². The van der Waals surface area contributed by atoms with Gasteiger partial charge in [0.2, 0.25) is 9.84 Å². The number of hydrogen-bond acceptors (Lipinski definition) is 4. The molecule has 5 heteroatoms. The fourth-order valence-corrected chi connectivity index (χ4v) is 3.72. The molecule has 0 aliphatic heterocycles. The summed E-state index contributed by atoms with van der Waals surface area (Å²) in [6, 6.07) is 13.9. The van der Waals surface area contributed by atoms with Crippen LogP contribution in [0.5, 0.6) is 0 Å². The number of nitrogens with one attached hydrogen (secondary N) is 2. The average Bonchev–Trinajstić information content (AvgIpc) is 2.63. The summed E-state index contributed by atoms with van der Waals surface area (Å²) in [4.78, 5) is 0.639. The van der Waals surface area contributed by atoms with Crippen LogP contribution in [0.2, 0.25) is 0 Å². The third kappa shape index (κ3) is 5.49. The number of benzene rings is 2. The Balaban J connectivity index is 2.07. The van der Waals surface area contributed by atoms with Crippen molar-refractivity contribution < 1.29 is 8.42 Å². The first kappa shape index (κ1) is 19.3. The molecule has 2 aromatic rings. The largest absolute Gasteiger partial charge is 0.385 e. The maximum Gasteiger partial charge on any atom is 0.206 e. The molecule has 0 heterocycles. The van der Waals surface area contributed by atoms with Crippen LogP contribution in [-0.2, 0) is 9.84 Å². The molecule has 0 amide bonds. The molecule has 0 atom stereocenters. The van der Waals surface area contributed by atoms with Gasteiger partial charge in [-0.1, -0.05) is 26.7 Å². The van der Waals surface area contributed by atoms with Crippen molar-refractivity contribution in [3.05, 3.63) is 48.5 Å². The van der Waals surface area contributed by atoms with Crippen molar-refractivity contribution in [3.8, 4) is 0 Å². The molecule has 136 valence electrons. The Bertz CT molecular complexity index is 679. The molecule has 0 aliphatic carbocycles. The van der Waals surface area contributed by atoms with Crippen LogP contribution >= 0.6 is 0 Å². The standard InChI is InChI=1S/C20H28N2O2S/c1-3-5-15-21-17-7-11-19(12-8-17)25(23,24)20-13-9-18(10-14-20)22-16-6-4-2/h7-14,21-22H,3-6,15-16H2,1-2H3. The highest BCUT2D eigenvalue weighted by Crippen LogP contribution is 2.23. The number of sulfone groups is 1. The second kappa shape index (κ2) is 9.47. The number of hydrogen-bond donors (Lipinski definition) is 2. The van der Waals surface area contributed by atoms with E-state index in [1.54, 1.807) is 24.3 Å². The lowest BCUT2D eigenvalue weighted by Crippen LogP contribution is -2.05. The molecule has 0 aromatic heterocycles. The molecule has 4 nitrogen and oxygen atoms in total. The Morgan fingerprint density at radius 2 is 1.04 bits per heavy atom. The normalized spacial score (nSPS) is 11.3. The van der Waals surface area contributed by atoms with E-state index in [0.717, 1.165) is 50.1 Å². The van der Waals surface area contributed by atoms with Crippen molar-refractivity contribution in [2.75, 3.05) is 23.7 Å². The predicted octanol–water partition coefficient (Wildman–Crippen LogP) is 4.94. The van der Waals surface area contributed by atoms with Crippen LogP contribution in [0, 0.1) is 0 Å². The van der Waals surface area contributed by atoms with Gasteiger partial charge in [-0.05, 0) is 61.4 Å². The molecule has 0 fully saturated rings. The lowest BCUT2D eigenvalue weighted by Gasteiger charge is -2.09. The first-order valence-electron chi connectivity index (χ1n) is 9.01. The van der Waals surface area contributed by atoms with Gasteiger partial charge in [-0.3, -0.25) is 0 Å². The van der Waals surface area contributed by atoms with E-state index in [1.165, 1.54) is 0 Å². The summed E-state index contributed by atoms with van der Waals surface area (Å²) in [5.41, 5.74) is 1.89. The summed E-state index contributed by atoms with van der Waals surface area (Å²) in [5.74, 6) is 0. The summed E-state index contributed by atoms with van der Waals surface area (Å²) < 4.78 is 25.5. The zero-order valence-corrected chi connectivity index (χ0v) is 15.9. The fourth-order valence-electron chi connectivity index (χ4n) is 2.46. The summed E-state index contributed by atoms with van der Waals surface area (Å²) in [6.45, 7) is 6.08. The highest BCUT2D eigenvalue weighted by atomic mass is 32.2. The second-order valence-corrected chi connectivity index (χ2v) is 8.06. The Labute approximate surface area is 151 Å². The highest BCUT2D eigenvalue weighted by Gasteiger charge is 2.17. The molecular formula is C20H28N2O2S. The summed E-state index contributed by atoms with van der Waals surface area (Å²) in [7, 11) is -3.48. The highest BCUT2D eigenvalue weighted by molar-refractivity contribution is 7.91. The molecule has 0 radical (unpaired) electrons. The van der Waals surface area contributed by atoms with Crippen molar-refractivity contribution >= 4 is 21.2 Å². The first-order chi connectivity index (χ1) is 12.1. The van der Waals surface area contributed by atoms with E-state index in [4.69, 9.17) is 0 Å². The Morgan fingerprint density at radius 1 is 0.680 bits per heavy atom. The number of anilines is 2. The quantitative estimate of drug-likeness (QED) is 0.589. The van der Waals surface area contributed by atoms with E-state index in [0.29, 0.717) is 9.79 Å². The fraction of sp³-hybridized carbons (Fsp3) is 0.400. The maximum atomic E-state index is 12.7. The predicted molar refractivity (Wildman–Crippen MR) is 105 cm³/mol. The zero-order chi connectivity index (χ0) is 18.1. The van der Waals surface area contributed by atoms with Gasteiger partial charge in [0.25, 0.3) is 0 Å². The third-order valence-corrected chi connectivity index (χ3v) is 5.83. The van der Waals surface area contributed by atoms with E-state index in [-0.39, 0.29) is 0 Å². The van der Waals surface area contributed by atoms with Gasteiger partial charge in [-0.25, -0.2) is 8.42 Å². The summed E-state index contributed by atoms with van der Waals surface area (Å²) in [5, 5.41) is 6.59. The van der Waals surface area contributed by atoms with Gasteiger partial charge in [0.1, 0.15) is 0 Å². The Morgan fingerprint density at radius 3 is 1.36 bits per heavy atom. The van der Waals surface area contributed by atoms with Crippen LogP contribution in [0.15, 0.2) is 58.3 Å². The second-order valence-electron chi connectivity index (χ2n) is 6.11. The smallest absolute Gasteiger partial charge is 0.206 e. The van der Waals surface area contributed by atoms with E-state index in [2.05, 4.69) is 24.5 Å². The maximum absolute atomic E-state index is 12.7. The lowest BCUT2D eigenvalue weighted by molar-refractivity contribution is 0.596. The Hall–Kier alpha value is -2.01. The van der Waals surface area contributed by atoms with E-state index >= 15 is 0 Å². The van der Waals surface area contributed by atoms with Crippen LogP contribution < -0.4 is 10.6 Å². The number of rotatable bonds is 10. The summed E-state index contributed by atoms with van der Waals surface area (Å²) in [6.07, 6.45) is 4.45. The molecule has 25 heavy (non-hydrogen) atoms. The van der Waals surface area contributed by atoms with E-state index in [1.807, 2.05) is 24.3 Å². The van der Waals surface area contributed by atoms with E-state index < -0.39 is 9.84 Å². The molecule has 2 aromatic carbocycles. The molecular weight excluding hydrogens is 332 g/mol. The lowest BCUT2D eigenvalue weighted by atomic mass is 10.3. The molecule has 0 saturated heterocycles. The molecule has 2 rings (SSSR count). The molecule has 0 bridgehead atoms. The molecule has 0 unspecified atom stereocenters. The minimum atomic E-state index is -3.48. The third-order valence-electron chi connectivity index (χ3n) is 4.05. The van der Waals surface area contributed by atoms with Crippen molar-refractivity contribution in [2.24, 2.45) is 0 Å². The van der Waals surface area contributed by atoms with Gasteiger partial charge in [0, 0.05) is 24.5 Å². The van der Waals surface area contributed by atoms with Gasteiger partial charge >= 0.3 is 0 Å². The monoisotopic (exact) mass is 360 g/mol. The van der Waals surface area contributed by atoms with Gasteiger partial charge in [-0.2, -0.15) is 0 Å². The van der Waals surface area contributed by atoms with Gasteiger partial charge in [0.05, 0.1) is 9.79 Å². The zero-order valence-electron chi connectivity index (χ0n) is 15.1. The average molecular weight is 361 g/mol. The molecule has 0 saturated carbocycles. The van der Waals surface area contributed by atoms with Crippen molar-refractivity contribution in [1.82, 2.24) is 0 Å². The molecule has 0 spiro atoms. The van der Waals surface area contributed by atoms with Crippen molar-refractivity contribution in [1.29, 1.82) is 0 Å². The topological polar surface area (TPSA) is 58.2 Å². The number of unbranched alkanes of at least 4 members (excludes halogenated alkanes) is 2. The molecule has 0 aliphatic rings. The Kier molecular flexibility index (Phi) is 7.31. The minimum Gasteiger partial charge on any atom is -0.385 e. The first-order valence-corrected chi connectivity index (χ1v) is 10.5. The SMILES string of the molecule is CCCCNc1ccc(S(=O)(=O)c2ccc(NCCCC)cc2)cc1. The van der Waals surface area contributed by atoms with Crippen LogP contribution in [0.3, 0.4) is 0 Å². The van der Waals surface area contributed by atoms with Crippen LogP contribution in [-0.4, -0.2) is 21.5 Å². The van der Waals surface area contributed by atoms with Crippen molar-refractivity contribution in [2.45, 2.75) is 49.3 Å². The van der Waals surface area contributed by atoms with Crippen LogP contribution in [0.4, 0.5) is 11.4 Å². The van der Waals surface area contributed by atoms with Gasteiger partial charge in [0.15, 0.2) is 0 Å². The van der Waals surface area contributed by atoms with Gasteiger partial charge in [-0.15, -0.1) is 0 Å². The van der Waals surface area contributed by atoms with E-state index in [9.17, 15) is 8.42 Å².